The van der Waals surface area contributed by atoms with Gasteiger partial charge >= 0.3 is 0 Å². The topological polar surface area (TPSA) is 55.3 Å². The molecule has 1 aromatic heterocycles. The van der Waals surface area contributed by atoms with E-state index in [-0.39, 0.29) is 11.6 Å². The zero-order chi connectivity index (χ0) is 20.7. The Morgan fingerprint density at radius 2 is 1.48 bits per heavy atom. The van der Waals surface area contributed by atoms with Crippen LogP contribution in [0.25, 0.3) is 11.0 Å². The van der Waals surface area contributed by atoms with Crippen LogP contribution in [0.1, 0.15) is 43.7 Å². The van der Waals surface area contributed by atoms with Gasteiger partial charge in [0.25, 0.3) is 0 Å². The highest BCUT2D eigenvalue weighted by atomic mass is 16.7. The number of nitrogens with one attached hydrogen (secondary N) is 1. The maximum Gasteiger partial charge on any atom is 0.217 e. The molecule has 1 aliphatic heterocycles. The lowest BCUT2D eigenvalue weighted by Crippen LogP contribution is -2.41. The molecule has 156 valence electrons. The molecular weight excluding hydrogens is 384 g/mol. The number of fused-ring (bicyclic) bond motifs is 1. The van der Waals surface area contributed by atoms with Gasteiger partial charge in [-0.3, -0.25) is 0 Å². The van der Waals surface area contributed by atoms with E-state index < -0.39 is 5.72 Å². The lowest BCUT2D eigenvalue weighted by Gasteiger charge is -2.32. The number of para-hydroxylation sites is 2. The molecule has 5 heteroatoms. The summed E-state index contributed by atoms with van der Waals surface area (Å²) in [6.45, 7) is 0. The van der Waals surface area contributed by atoms with Crippen LogP contribution >= 0.6 is 0 Å². The second kappa shape index (κ2) is 7.20. The van der Waals surface area contributed by atoms with E-state index in [1.807, 2.05) is 24.3 Å². The third-order valence-electron chi connectivity index (χ3n) is 6.90. The molecule has 1 N–H and O–H groups in total. The predicted octanol–water partition coefficient (Wildman–Crippen LogP) is 5.67. The molecule has 1 spiro atoms. The fraction of sp³-hybridized carbons (Fsp3) is 0.308. The van der Waals surface area contributed by atoms with Gasteiger partial charge in [0.05, 0.1) is 5.52 Å². The third-order valence-corrected chi connectivity index (χ3v) is 6.90. The molecule has 5 nitrogen and oxygen atoms in total. The number of benzene rings is 3. The van der Waals surface area contributed by atoms with Crippen LogP contribution in [0, 0.1) is 0 Å². The van der Waals surface area contributed by atoms with E-state index in [0.29, 0.717) is 0 Å². The minimum atomic E-state index is -0.624. The van der Waals surface area contributed by atoms with Crippen molar-refractivity contribution in [2.45, 2.75) is 49.5 Å². The van der Waals surface area contributed by atoms with Crippen LogP contribution < -0.4 is 5.32 Å². The smallest absolute Gasteiger partial charge is 0.217 e. The van der Waals surface area contributed by atoms with Crippen molar-refractivity contribution in [3.05, 3.63) is 90.5 Å². The van der Waals surface area contributed by atoms with Crippen LogP contribution in [0.3, 0.4) is 0 Å². The van der Waals surface area contributed by atoms with Gasteiger partial charge in [-0.25, -0.2) is 4.68 Å². The molecule has 2 fully saturated rings. The van der Waals surface area contributed by atoms with Crippen LogP contribution in [0.5, 0.6) is 0 Å². The van der Waals surface area contributed by atoms with Crippen molar-refractivity contribution >= 4 is 16.7 Å². The Morgan fingerprint density at radius 3 is 2.26 bits per heavy atom. The molecule has 31 heavy (non-hydrogen) atoms. The standard InChI is InChI=1S/C26H26N4O/c1-4-12-20(13-5-1)24(27-21-14-6-2-7-15-21)26(25(31-26)18-10-3-11-19-25)30-23-17-9-8-16-22(23)28-29-30/h1-2,4-9,12-17,24,27H,3,10-11,18-19H2. The quantitative estimate of drug-likeness (QED) is 0.431. The van der Waals surface area contributed by atoms with Gasteiger partial charge in [0.2, 0.25) is 5.72 Å². The summed E-state index contributed by atoms with van der Waals surface area (Å²) >= 11 is 0. The fourth-order valence-electron chi connectivity index (χ4n) is 5.40. The molecule has 1 saturated carbocycles. The molecule has 2 aliphatic rings. The number of epoxide rings is 1. The van der Waals surface area contributed by atoms with Crippen LogP contribution in [0.2, 0.25) is 0 Å². The van der Waals surface area contributed by atoms with E-state index in [4.69, 9.17) is 4.74 Å². The average molecular weight is 411 g/mol. The Hall–Kier alpha value is -3.18. The number of aromatic nitrogens is 3. The van der Waals surface area contributed by atoms with E-state index in [2.05, 4.69) is 81.0 Å². The van der Waals surface area contributed by atoms with Gasteiger partial charge in [0, 0.05) is 5.69 Å². The summed E-state index contributed by atoms with van der Waals surface area (Å²) in [7, 11) is 0. The maximum absolute atomic E-state index is 6.87. The van der Waals surface area contributed by atoms with Crippen LogP contribution in [0.4, 0.5) is 5.69 Å². The Labute approximate surface area is 182 Å². The molecule has 2 atom stereocenters. The number of hydrogen-bond acceptors (Lipinski definition) is 4. The number of hydrogen-bond donors (Lipinski definition) is 1. The highest BCUT2D eigenvalue weighted by Crippen LogP contribution is 2.65. The van der Waals surface area contributed by atoms with Crippen LogP contribution in [-0.2, 0) is 10.5 Å². The zero-order valence-corrected chi connectivity index (χ0v) is 17.4. The van der Waals surface area contributed by atoms with E-state index in [9.17, 15) is 0 Å². The van der Waals surface area contributed by atoms with Crippen molar-refractivity contribution in [1.82, 2.24) is 15.0 Å². The molecule has 3 aromatic carbocycles. The summed E-state index contributed by atoms with van der Waals surface area (Å²) in [5.41, 5.74) is 3.32. The Balaban J connectivity index is 1.55. The minimum Gasteiger partial charge on any atom is -0.374 e. The van der Waals surface area contributed by atoms with Crippen molar-refractivity contribution < 1.29 is 4.74 Å². The molecule has 0 bridgehead atoms. The lowest BCUT2D eigenvalue weighted by molar-refractivity contribution is 0.171. The molecular formula is C26H26N4O. The number of ether oxygens (including phenoxy) is 1. The molecule has 4 aromatic rings. The third kappa shape index (κ3) is 2.87. The normalized spacial score (nSPS) is 23.0. The monoisotopic (exact) mass is 410 g/mol. The molecule has 2 unspecified atom stereocenters. The van der Waals surface area contributed by atoms with E-state index >= 15 is 0 Å². The zero-order valence-electron chi connectivity index (χ0n) is 17.4. The van der Waals surface area contributed by atoms with Crippen molar-refractivity contribution in [1.29, 1.82) is 0 Å². The summed E-state index contributed by atoms with van der Waals surface area (Å²) in [4.78, 5) is 0. The summed E-state index contributed by atoms with van der Waals surface area (Å²) in [6, 6.07) is 29.1. The van der Waals surface area contributed by atoms with Gasteiger partial charge in [-0.1, -0.05) is 85.1 Å². The van der Waals surface area contributed by atoms with Gasteiger partial charge in [-0.15, -0.1) is 5.10 Å². The SMILES string of the molecule is c1ccc(NC(c2ccccc2)C2(n3nnc4ccccc43)OC23CCCCC3)cc1. The van der Waals surface area contributed by atoms with Gasteiger partial charge < -0.3 is 10.1 Å². The molecule has 0 radical (unpaired) electrons. The first-order chi connectivity index (χ1) is 15.3. The number of nitrogens with zero attached hydrogens (tertiary/aromatic N) is 3. The maximum atomic E-state index is 6.87. The predicted molar refractivity (Wildman–Crippen MR) is 122 cm³/mol. The number of anilines is 1. The van der Waals surface area contributed by atoms with Gasteiger partial charge in [-0.2, -0.15) is 0 Å². The van der Waals surface area contributed by atoms with Gasteiger partial charge in [0.15, 0.2) is 0 Å². The fourth-order valence-corrected chi connectivity index (χ4v) is 5.40. The Bertz CT molecular complexity index is 1180. The average Bonchev–Trinajstić information content (AvgIpc) is 3.24. The van der Waals surface area contributed by atoms with Crippen molar-refractivity contribution in [2.24, 2.45) is 0 Å². The second-order valence-corrected chi connectivity index (χ2v) is 8.70. The first kappa shape index (κ1) is 18.6. The first-order valence-electron chi connectivity index (χ1n) is 11.2. The van der Waals surface area contributed by atoms with Crippen molar-refractivity contribution in [3.63, 3.8) is 0 Å². The molecule has 1 saturated heterocycles. The molecule has 2 heterocycles. The van der Waals surface area contributed by atoms with Crippen LogP contribution in [0.15, 0.2) is 84.9 Å². The summed E-state index contributed by atoms with van der Waals surface area (Å²) in [5.74, 6) is 0. The largest absolute Gasteiger partial charge is 0.374 e. The van der Waals surface area contributed by atoms with E-state index in [1.54, 1.807) is 0 Å². The van der Waals surface area contributed by atoms with Crippen LogP contribution in [-0.4, -0.2) is 20.6 Å². The van der Waals surface area contributed by atoms with Gasteiger partial charge in [-0.05, 0) is 42.7 Å². The highest BCUT2D eigenvalue weighted by molar-refractivity contribution is 5.74. The van der Waals surface area contributed by atoms with E-state index in [0.717, 1.165) is 29.6 Å². The molecule has 0 amide bonds. The van der Waals surface area contributed by atoms with Crippen molar-refractivity contribution in [3.8, 4) is 0 Å². The van der Waals surface area contributed by atoms with E-state index in [1.165, 1.54) is 24.8 Å². The first-order valence-corrected chi connectivity index (χ1v) is 11.2. The minimum absolute atomic E-state index is 0.0979. The van der Waals surface area contributed by atoms with Gasteiger partial charge in [0.1, 0.15) is 17.2 Å². The second-order valence-electron chi connectivity index (χ2n) is 8.70. The summed E-state index contributed by atoms with van der Waals surface area (Å²) < 4.78 is 8.93. The Kier molecular flexibility index (Phi) is 4.32. The summed E-state index contributed by atoms with van der Waals surface area (Å²) in [5, 5.41) is 13.0. The van der Waals surface area contributed by atoms with Crippen molar-refractivity contribution in [2.75, 3.05) is 5.32 Å². The Morgan fingerprint density at radius 1 is 0.806 bits per heavy atom. The highest BCUT2D eigenvalue weighted by Gasteiger charge is 2.76. The number of rotatable bonds is 5. The molecule has 1 aliphatic carbocycles. The molecule has 6 rings (SSSR count). The summed E-state index contributed by atoms with van der Waals surface area (Å²) in [6.07, 6.45) is 5.71. The lowest BCUT2D eigenvalue weighted by atomic mass is 9.79.